The Balaban J connectivity index is 1.96. The van der Waals surface area contributed by atoms with Gasteiger partial charge >= 0.3 is 5.69 Å². The van der Waals surface area contributed by atoms with E-state index in [1.54, 1.807) is 0 Å². The molecule has 0 spiro atoms. The second-order valence-electron chi connectivity index (χ2n) is 8.88. The van der Waals surface area contributed by atoms with Crippen LogP contribution in [0.25, 0.3) is 0 Å². The second-order valence-corrected chi connectivity index (χ2v) is 8.88. The fourth-order valence-corrected chi connectivity index (χ4v) is 4.15. The van der Waals surface area contributed by atoms with E-state index in [1.165, 1.54) is 15.0 Å². The molecule has 0 fully saturated rings. The summed E-state index contributed by atoms with van der Waals surface area (Å²) < 4.78 is 1.37. The van der Waals surface area contributed by atoms with Crippen LogP contribution in [0.5, 0.6) is 0 Å². The molecule has 1 aromatic heterocycles. The molecular weight excluding hydrogens is 406 g/mol. The van der Waals surface area contributed by atoms with Crippen LogP contribution in [0.3, 0.4) is 0 Å². The van der Waals surface area contributed by atoms with Gasteiger partial charge in [-0.1, -0.05) is 45.4 Å². The van der Waals surface area contributed by atoms with Crippen molar-refractivity contribution in [3.8, 4) is 0 Å². The first-order valence-corrected chi connectivity index (χ1v) is 11.6. The number of hydrogen-bond acceptors (Lipinski definition) is 5. The molecule has 0 unspecified atom stereocenters. The minimum absolute atomic E-state index is 0.0587. The van der Waals surface area contributed by atoms with Crippen LogP contribution in [-0.2, 0) is 17.8 Å². The van der Waals surface area contributed by atoms with Crippen LogP contribution in [-0.4, -0.2) is 35.1 Å². The predicted molar refractivity (Wildman–Crippen MR) is 129 cm³/mol. The third kappa shape index (κ3) is 5.23. The molecule has 3 N–H and O–H groups in total. The highest BCUT2D eigenvalue weighted by Gasteiger charge is 2.27. The largest absolute Gasteiger partial charge is 0.383 e. The first kappa shape index (κ1) is 23.6. The van der Waals surface area contributed by atoms with Crippen molar-refractivity contribution in [3.05, 3.63) is 50.7 Å². The molecule has 2 heterocycles. The van der Waals surface area contributed by atoms with Crippen LogP contribution in [0.4, 0.5) is 17.2 Å². The van der Waals surface area contributed by atoms with E-state index >= 15 is 0 Å². The molecule has 0 saturated carbocycles. The van der Waals surface area contributed by atoms with Gasteiger partial charge in [-0.15, -0.1) is 0 Å². The molecule has 8 heteroatoms. The SMILES string of the molecule is CCCCn1c(N)c(N(CCC(C)C)C(=O)CN2CCCc3ccccc32)c(=O)[nH]c1=O. The van der Waals surface area contributed by atoms with Crippen molar-refractivity contribution < 1.29 is 4.79 Å². The standard InChI is InChI=1S/C24H35N5O3/c1-4-5-14-29-22(25)21(23(31)26-24(29)32)28(15-12-17(2)3)20(30)16-27-13-8-10-18-9-6-7-11-19(18)27/h6-7,9,11,17H,4-5,8,10,12-16,25H2,1-3H3,(H,26,31,32). The number of rotatable bonds is 9. The van der Waals surface area contributed by atoms with Gasteiger partial charge in [-0.05, 0) is 43.2 Å². The number of nitrogens with two attached hydrogens (primary N) is 1. The van der Waals surface area contributed by atoms with E-state index < -0.39 is 11.2 Å². The molecule has 1 aromatic carbocycles. The lowest BCUT2D eigenvalue weighted by molar-refractivity contribution is -0.117. The molecule has 174 valence electrons. The molecule has 1 amide bonds. The van der Waals surface area contributed by atoms with E-state index in [0.717, 1.165) is 44.3 Å². The summed E-state index contributed by atoms with van der Waals surface area (Å²) in [5.74, 6) is 0.205. The van der Waals surface area contributed by atoms with Gasteiger partial charge in [-0.25, -0.2) is 4.79 Å². The number of hydrogen-bond donors (Lipinski definition) is 2. The van der Waals surface area contributed by atoms with Gasteiger partial charge in [0.05, 0.1) is 6.54 Å². The molecule has 0 radical (unpaired) electrons. The molecule has 0 bridgehead atoms. The molecule has 0 aliphatic carbocycles. The van der Waals surface area contributed by atoms with Gasteiger partial charge in [0.1, 0.15) is 5.82 Å². The van der Waals surface area contributed by atoms with Crippen LogP contribution in [0.2, 0.25) is 0 Å². The maximum atomic E-state index is 13.5. The summed E-state index contributed by atoms with van der Waals surface area (Å²) in [5.41, 5.74) is 7.53. The Hall–Kier alpha value is -3.03. The fourth-order valence-electron chi connectivity index (χ4n) is 4.15. The molecule has 3 rings (SSSR count). The summed E-state index contributed by atoms with van der Waals surface area (Å²) in [4.78, 5) is 44.6. The average Bonchev–Trinajstić information content (AvgIpc) is 2.75. The van der Waals surface area contributed by atoms with E-state index in [4.69, 9.17) is 5.73 Å². The van der Waals surface area contributed by atoms with Crippen molar-refractivity contribution >= 4 is 23.1 Å². The van der Waals surface area contributed by atoms with Crippen molar-refractivity contribution in [1.29, 1.82) is 0 Å². The number of benzene rings is 1. The highest BCUT2D eigenvalue weighted by atomic mass is 16.2. The van der Waals surface area contributed by atoms with Gasteiger partial charge in [0, 0.05) is 25.3 Å². The smallest absolute Gasteiger partial charge is 0.330 e. The Labute approximate surface area is 189 Å². The average molecular weight is 442 g/mol. The lowest BCUT2D eigenvalue weighted by atomic mass is 10.0. The normalized spacial score (nSPS) is 13.3. The quantitative estimate of drug-likeness (QED) is 0.623. The Morgan fingerprint density at radius 3 is 2.72 bits per heavy atom. The van der Waals surface area contributed by atoms with Crippen molar-refractivity contribution in [2.75, 3.05) is 35.2 Å². The summed E-state index contributed by atoms with van der Waals surface area (Å²) in [7, 11) is 0. The maximum absolute atomic E-state index is 13.5. The van der Waals surface area contributed by atoms with Crippen LogP contribution in [0, 0.1) is 5.92 Å². The summed E-state index contributed by atoms with van der Waals surface area (Å²) in [6.45, 7) is 7.86. The number of carbonyl (C=O) groups is 1. The van der Waals surface area contributed by atoms with E-state index in [-0.39, 0.29) is 24.0 Å². The van der Waals surface area contributed by atoms with Gasteiger partial charge in [-0.3, -0.25) is 19.1 Å². The number of anilines is 3. The van der Waals surface area contributed by atoms with Crippen LogP contribution in [0.1, 0.15) is 52.0 Å². The number of amides is 1. The van der Waals surface area contributed by atoms with Crippen molar-refractivity contribution in [2.45, 2.75) is 59.4 Å². The molecule has 8 nitrogen and oxygen atoms in total. The van der Waals surface area contributed by atoms with Gasteiger partial charge in [0.2, 0.25) is 5.91 Å². The summed E-state index contributed by atoms with van der Waals surface area (Å²) in [6.07, 6.45) is 4.31. The minimum Gasteiger partial charge on any atom is -0.383 e. The molecule has 32 heavy (non-hydrogen) atoms. The van der Waals surface area contributed by atoms with Crippen LogP contribution < -0.4 is 26.8 Å². The second kappa shape index (κ2) is 10.5. The number of fused-ring (bicyclic) bond motifs is 1. The molecular formula is C24H35N5O3. The van der Waals surface area contributed by atoms with Crippen LogP contribution >= 0.6 is 0 Å². The van der Waals surface area contributed by atoms with Gasteiger partial charge in [0.15, 0.2) is 5.69 Å². The lowest BCUT2D eigenvalue weighted by Crippen LogP contribution is -2.46. The van der Waals surface area contributed by atoms with Gasteiger partial charge in [-0.2, -0.15) is 0 Å². The number of unbranched alkanes of at least 4 members (excludes halogenated alkanes) is 1. The Bertz CT molecular complexity index is 1060. The summed E-state index contributed by atoms with van der Waals surface area (Å²) >= 11 is 0. The number of H-pyrrole nitrogens is 1. The predicted octanol–water partition coefficient (Wildman–Crippen LogP) is 2.75. The zero-order chi connectivity index (χ0) is 23.3. The Morgan fingerprint density at radius 1 is 1.25 bits per heavy atom. The van der Waals surface area contributed by atoms with E-state index in [1.807, 2.05) is 25.1 Å². The minimum atomic E-state index is -0.614. The number of nitrogens with zero attached hydrogens (tertiary/aromatic N) is 3. The fraction of sp³-hybridized carbons (Fsp3) is 0.542. The number of para-hydroxylation sites is 1. The number of nitrogen functional groups attached to an aromatic ring is 1. The summed E-state index contributed by atoms with van der Waals surface area (Å²) in [5, 5.41) is 0. The molecule has 1 aliphatic heterocycles. The summed E-state index contributed by atoms with van der Waals surface area (Å²) in [6, 6.07) is 8.12. The zero-order valence-corrected chi connectivity index (χ0v) is 19.4. The van der Waals surface area contributed by atoms with E-state index in [0.29, 0.717) is 19.0 Å². The molecule has 2 aromatic rings. The van der Waals surface area contributed by atoms with E-state index in [2.05, 4.69) is 29.8 Å². The lowest BCUT2D eigenvalue weighted by Gasteiger charge is -2.33. The monoisotopic (exact) mass is 441 g/mol. The Morgan fingerprint density at radius 2 is 2.00 bits per heavy atom. The number of aryl methyl sites for hydroxylation is 1. The van der Waals surface area contributed by atoms with Crippen molar-refractivity contribution in [1.82, 2.24) is 9.55 Å². The zero-order valence-electron chi connectivity index (χ0n) is 19.4. The number of nitrogens with one attached hydrogen (secondary N) is 1. The first-order chi connectivity index (χ1) is 15.3. The van der Waals surface area contributed by atoms with Crippen molar-refractivity contribution in [2.24, 2.45) is 5.92 Å². The molecule has 0 saturated heterocycles. The molecule has 1 aliphatic rings. The van der Waals surface area contributed by atoms with E-state index in [9.17, 15) is 14.4 Å². The number of aromatic amines is 1. The first-order valence-electron chi connectivity index (χ1n) is 11.6. The number of aromatic nitrogens is 2. The van der Waals surface area contributed by atoms with Crippen molar-refractivity contribution in [3.63, 3.8) is 0 Å². The highest BCUT2D eigenvalue weighted by Crippen LogP contribution is 2.27. The topological polar surface area (TPSA) is 104 Å². The Kier molecular flexibility index (Phi) is 7.77. The maximum Gasteiger partial charge on any atom is 0.330 e. The van der Waals surface area contributed by atoms with Crippen LogP contribution in [0.15, 0.2) is 33.9 Å². The third-order valence-electron chi connectivity index (χ3n) is 5.98. The van der Waals surface area contributed by atoms with Gasteiger partial charge in [0.25, 0.3) is 5.56 Å². The molecule has 0 atom stereocenters. The highest BCUT2D eigenvalue weighted by molar-refractivity contribution is 5.98. The third-order valence-corrected chi connectivity index (χ3v) is 5.98. The number of carbonyl (C=O) groups excluding carboxylic acids is 1. The van der Waals surface area contributed by atoms with Gasteiger partial charge < -0.3 is 15.5 Å².